The van der Waals surface area contributed by atoms with Gasteiger partial charge in [0.15, 0.2) is 6.04 Å². The van der Waals surface area contributed by atoms with Crippen molar-refractivity contribution in [2.45, 2.75) is 38.7 Å². The van der Waals surface area contributed by atoms with Crippen LogP contribution >= 0.6 is 0 Å². The highest BCUT2D eigenvalue weighted by Gasteiger charge is 2.37. The number of benzene rings is 2. The molecule has 1 N–H and O–H groups in total. The number of nitrogens with zero attached hydrogens (tertiary/aromatic N) is 1. The van der Waals surface area contributed by atoms with E-state index in [2.05, 4.69) is 0 Å². The second kappa shape index (κ2) is 8.93. The van der Waals surface area contributed by atoms with Crippen molar-refractivity contribution in [2.75, 3.05) is 0 Å². The molecule has 0 aliphatic rings. The lowest BCUT2D eigenvalue weighted by molar-refractivity contribution is -0.144. The highest BCUT2D eigenvalue weighted by Crippen LogP contribution is 2.34. The van der Waals surface area contributed by atoms with Crippen LogP contribution in [0.2, 0.25) is 0 Å². The second-order valence-corrected chi connectivity index (χ2v) is 6.55. The molecule has 5 nitrogen and oxygen atoms in total. The Bertz CT molecular complexity index is 869. The van der Waals surface area contributed by atoms with Crippen molar-refractivity contribution >= 4 is 12.1 Å². The molecule has 0 aliphatic heterocycles. The van der Waals surface area contributed by atoms with Crippen LogP contribution in [0.4, 0.5) is 22.4 Å². The van der Waals surface area contributed by atoms with E-state index in [0.717, 1.165) is 4.90 Å². The largest absolute Gasteiger partial charge is 0.479 e. The van der Waals surface area contributed by atoms with Crippen LogP contribution in [-0.2, 0) is 22.3 Å². The number of carbonyl (C=O) groups excluding carboxylic acids is 1. The average molecular weight is 413 g/mol. The minimum Gasteiger partial charge on any atom is -0.479 e. The first-order valence-corrected chi connectivity index (χ1v) is 8.60. The molecule has 0 bridgehead atoms. The van der Waals surface area contributed by atoms with E-state index in [1.54, 1.807) is 30.3 Å². The van der Waals surface area contributed by atoms with E-state index < -0.39 is 47.3 Å². The lowest BCUT2D eigenvalue weighted by atomic mass is 10.0. The van der Waals surface area contributed by atoms with Crippen LogP contribution in [-0.4, -0.2) is 28.1 Å². The lowest BCUT2D eigenvalue weighted by Gasteiger charge is -2.32. The summed E-state index contributed by atoms with van der Waals surface area (Å²) in [4.78, 5) is 25.2. The number of alkyl halides is 3. The standard InChI is InChI=1S/C20H19F4NO4/c1-12(2)25(19(28)29-11-13-6-4-3-5-7-13)17(18(26)27)14-8-15(20(22,23)24)10-16(21)9-14/h3-10,12,17H,11H2,1-2H3,(H,26,27). The third kappa shape index (κ3) is 5.69. The maximum Gasteiger partial charge on any atom is 0.416 e. The first-order valence-electron chi connectivity index (χ1n) is 8.60. The van der Waals surface area contributed by atoms with Gasteiger partial charge in [-0.3, -0.25) is 4.90 Å². The van der Waals surface area contributed by atoms with Crippen LogP contribution in [0.3, 0.4) is 0 Å². The SMILES string of the molecule is CC(C)N(C(=O)OCc1ccccc1)C(C(=O)O)c1cc(F)cc(C(F)(F)F)c1. The maximum absolute atomic E-state index is 13.8. The van der Waals surface area contributed by atoms with E-state index >= 15 is 0 Å². The molecular formula is C20H19F4NO4. The Labute approximate surface area is 164 Å². The molecule has 1 amide bonds. The van der Waals surface area contributed by atoms with E-state index in [0.29, 0.717) is 17.7 Å². The van der Waals surface area contributed by atoms with E-state index in [-0.39, 0.29) is 12.7 Å². The average Bonchev–Trinajstić information content (AvgIpc) is 2.63. The van der Waals surface area contributed by atoms with E-state index in [4.69, 9.17) is 4.74 Å². The molecule has 0 aromatic heterocycles. The summed E-state index contributed by atoms with van der Waals surface area (Å²) in [7, 11) is 0. The van der Waals surface area contributed by atoms with E-state index in [1.807, 2.05) is 0 Å². The Morgan fingerprint density at radius 3 is 2.24 bits per heavy atom. The summed E-state index contributed by atoms with van der Waals surface area (Å²) >= 11 is 0. The van der Waals surface area contributed by atoms with Gasteiger partial charge in [-0.2, -0.15) is 13.2 Å². The second-order valence-electron chi connectivity index (χ2n) is 6.55. The summed E-state index contributed by atoms with van der Waals surface area (Å²) in [5.41, 5.74) is -1.23. The van der Waals surface area contributed by atoms with Crippen molar-refractivity contribution in [1.82, 2.24) is 4.90 Å². The Morgan fingerprint density at radius 1 is 1.10 bits per heavy atom. The molecule has 0 aliphatic carbocycles. The molecule has 0 saturated carbocycles. The van der Waals surface area contributed by atoms with Gasteiger partial charge in [-0.25, -0.2) is 14.0 Å². The van der Waals surface area contributed by atoms with Gasteiger partial charge in [0.25, 0.3) is 0 Å². The lowest BCUT2D eigenvalue weighted by Crippen LogP contribution is -2.43. The van der Waals surface area contributed by atoms with E-state index in [9.17, 15) is 32.3 Å². The summed E-state index contributed by atoms with van der Waals surface area (Å²) in [5, 5.41) is 9.61. The maximum atomic E-state index is 13.8. The molecule has 0 heterocycles. The molecule has 0 spiro atoms. The number of carbonyl (C=O) groups is 2. The fraction of sp³-hybridized carbons (Fsp3) is 0.300. The number of rotatable bonds is 6. The smallest absolute Gasteiger partial charge is 0.416 e. The minimum absolute atomic E-state index is 0.161. The zero-order chi connectivity index (χ0) is 21.8. The van der Waals surface area contributed by atoms with Crippen molar-refractivity contribution in [3.05, 3.63) is 71.0 Å². The zero-order valence-electron chi connectivity index (χ0n) is 15.6. The molecular weight excluding hydrogens is 394 g/mol. The van der Waals surface area contributed by atoms with Crippen molar-refractivity contribution in [2.24, 2.45) is 0 Å². The topological polar surface area (TPSA) is 66.8 Å². The number of carboxylic acid groups (broad SMARTS) is 1. The quantitative estimate of drug-likeness (QED) is 0.676. The number of halogens is 4. The van der Waals surface area contributed by atoms with Crippen LogP contribution in [0.15, 0.2) is 48.5 Å². The van der Waals surface area contributed by atoms with Gasteiger partial charge in [0.1, 0.15) is 12.4 Å². The Hall–Kier alpha value is -3.10. The number of amides is 1. The molecule has 0 saturated heterocycles. The molecule has 0 fully saturated rings. The van der Waals surface area contributed by atoms with Crippen molar-refractivity contribution < 1.29 is 37.0 Å². The number of hydrogen-bond acceptors (Lipinski definition) is 3. The first kappa shape index (κ1) is 22.2. The van der Waals surface area contributed by atoms with Crippen molar-refractivity contribution in [3.8, 4) is 0 Å². The molecule has 29 heavy (non-hydrogen) atoms. The molecule has 1 atom stereocenters. The van der Waals surface area contributed by atoms with Gasteiger partial charge >= 0.3 is 18.2 Å². The minimum atomic E-state index is -4.88. The monoisotopic (exact) mass is 413 g/mol. The highest BCUT2D eigenvalue weighted by atomic mass is 19.4. The molecule has 2 rings (SSSR count). The molecule has 156 valence electrons. The van der Waals surface area contributed by atoms with Crippen LogP contribution in [0.25, 0.3) is 0 Å². The molecule has 0 radical (unpaired) electrons. The van der Waals surface area contributed by atoms with E-state index in [1.165, 1.54) is 13.8 Å². The summed E-state index contributed by atoms with van der Waals surface area (Å²) in [5.74, 6) is -2.88. The van der Waals surface area contributed by atoms with Gasteiger partial charge in [-0.05, 0) is 43.2 Å². The van der Waals surface area contributed by atoms with Crippen LogP contribution in [0.1, 0.15) is 36.6 Å². The fourth-order valence-electron chi connectivity index (χ4n) is 2.76. The predicted molar refractivity (Wildman–Crippen MR) is 95.4 cm³/mol. The number of ether oxygens (including phenoxy) is 1. The molecule has 9 heteroatoms. The number of aliphatic carboxylic acids is 1. The summed E-state index contributed by atoms with van der Waals surface area (Å²) in [6, 6.07) is 7.38. The third-order valence-electron chi connectivity index (χ3n) is 4.05. The number of hydrogen-bond donors (Lipinski definition) is 1. The zero-order valence-corrected chi connectivity index (χ0v) is 15.6. The summed E-state index contributed by atoms with van der Waals surface area (Å²) in [6.07, 6.45) is -5.93. The van der Waals surface area contributed by atoms with Gasteiger partial charge in [-0.15, -0.1) is 0 Å². The molecule has 2 aromatic rings. The molecule has 2 aromatic carbocycles. The Morgan fingerprint density at radius 2 is 1.72 bits per heavy atom. The fourth-order valence-corrected chi connectivity index (χ4v) is 2.76. The van der Waals surface area contributed by atoms with Crippen LogP contribution in [0, 0.1) is 5.82 Å². The van der Waals surface area contributed by atoms with Crippen LogP contribution in [0.5, 0.6) is 0 Å². The normalized spacial score (nSPS) is 12.5. The van der Waals surface area contributed by atoms with Crippen molar-refractivity contribution in [1.29, 1.82) is 0 Å². The van der Waals surface area contributed by atoms with Gasteiger partial charge in [0, 0.05) is 6.04 Å². The van der Waals surface area contributed by atoms with Gasteiger partial charge in [-0.1, -0.05) is 30.3 Å². The third-order valence-corrected chi connectivity index (χ3v) is 4.05. The Balaban J connectivity index is 2.38. The summed E-state index contributed by atoms with van der Waals surface area (Å²) < 4.78 is 58.0. The highest BCUT2D eigenvalue weighted by molar-refractivity contribution is 5.81. The molecule has 1 unspecified atom stereocenters. The van der Waals surface area contributed by atoms with Crippen molar-refractivity contribution in [3.63, 3.8) is 0 Å². The van der Waals surface area contributed by atoms with Crippen LogP contribution < -0.4 is 0 Å². The Kier molecular flexibility index (Phi) is 6.84. The first-order chi connectivity index (χ1) is 13.5. The summed E-state index contributed by atoms with van der Waals surface area (Å²) in [6.45, 7) is 2.79. The number of carboxylic acids is 1. The predicted octanol–water partition coefficient (Wildman–Crippen LogP) is 5.02. The van der Waals surface area contributed by atoms with Gasteiger partial charge in [0.2, 0.25) is 0 Å². The van der Waals surface area contributed by atoms with Gasteiger partial charge < -0.3 is 9.84 Å². The van der Waals surface area contributed by atoms with Gasteiger partial charge in [0.05, 0.1) is 5.56 Å².